The largest absolute Gasteiger partial charge is 0.483 e. The van der Waals surface area contributed by atoms with Crippen LogP contribution in [0.5, 0.6) is 5.75 Å². The van der Waals surface area contributed by atoms with Crippen LogP contribution in [0, 0.1) is 0 Å². The highest BCUT2D eigenvalue weighted by molar-refractivity contribution is 9.10. The van der Waals surface area contributed by atoms with Crippen molar-refractivity contribution in [2.24, 2.45) is 0 Å². The van der Waals surface area contributed by atoms with Gasteiger partial charge in [-0.05, 0) is 46.7 Å². The minimum absolute atomic E-state index is 0.133. The molecule has 0 radical (unpaired) electrons. The van der Waals surface area contributed by atoms with Crippen molar-refractivity contribution in [3.8, 4) is 5.75 Å². The zero-order chi connectivity index (χ0) is 27.5. The number of carbonyl (C=O) groups excluding carboxylic acids is 2. The zero-order valence-corrected chi connectivity index (χ0v) is 24.5. The summed E-state index contributed by atoms with van der Waals surface area (Å²) in [5.41, 5.74) is 2.84. The van der Waals surface area contributed by atoms with Crippen LogP contribution in [-0.2, 0) is 28.0 Å². The number of unbranched alkanes of at least 4 members (excludes halogenated alkanes) is 1. The fourth-order valence-electron chi connectivity index (χ4n) is 4.28. The quantitative estimate of drug-likeness (QED) is 0.244. The lowest BCUT2D eigenvalue weighted by Crippen LogP contribution is -2.51. The van der Waals surface area contributed by atoms with Gasteiger partial charge in [-0.15, -0.1) is 0 Å². The summed E-state index contributed by atoms with van der Waals surface area (Å²) in [6, 6.07) is 24.8. The van der Waals surface area contributed by atoms with Crippen LogP contribution in [0.3, 0.4) is 0 Å². The van der Waals surface area contributed by atoms with E-state index in [1.165, 1.54) is 0 Å². The van der Waals surface area contributed by atoms with E-state index in [-0.39, 0.29) is 23.8 Å². The Morgan fingerprint density at radius 1 is 0.921 bits per heavy atom. The minimum atomic E-state index is -0.674. The van der Waals surface area contributed by atoms with Crippen molar-refractivity contribution in [2.45, 2.75) is 65.0 Å². The van der Waals surface area contributed by atoms with Crippen LogP contribution >= 0.6 is 15.9 Å². The fraction of sp³-hybridized carbons (Fsp3) is 0.375. The van der Waals surface area contributed by atoms with Gasteiger partial charge in [0.15, 0.2) is 6.61 Å². The third-order valence-electron chi connectivity index (χ3n) is 6.41. The molecule has 0 aliphatic rings. The molecule has 0 bridgehead atoms. The molecule has 0 heterocycles. The lowest BCUT2D eigenvalue weighted by molar-refractivity contribution is -0.142. The molecule has 0 aromatic heterocycles. The molecule has 6 heteroatoms. The Kier molecular flexibility index (Phi) is 11.0. The highest BCUT2D eigenvalue weighted by Crippen LogP contribution is 2.31. The summed E-state index contributed by atoms with van der Waals surface area (Å²) in [6.07, 6.45) is 2.28. The second kappa shape index (κ2) is 14.1. The Morgan fingerprint density at radius 2 is 1.58 bits per heavy atom. The molecule has 3 aromatic carbocycles. The van der Waals surface area contributed by atoms with Crippen molar-refractivity contribution in [3.63, 3.8) is 0 Å². The van der Waals surface area contributed by atoms with Crippen LogP contribution in [0.2, 0.25) is 0 Å². The van der Waals surface area contributed by atoms with Gasteiger partial charge in [0.2, 0.25) is 5.91 Å². The number of hydrogen-bond acceptors (Lipinski definition) is 3. The van der Waals surface area contributed by atoms with Gasteiger partial charge >= 0.3 is 0 Å². The molecular formula is C32H39BrN2O3. The summed E-state index contributed by atoms with van der Waals surface area (Å²) in [7, 11) is 0. The molecule has 0 unspecified atom stereocenters. The molecule has 5 nitrogen and oxygen atoms in total. The summed E-state index contributed by atoms with van der Waals surface area (Å²) in [6.45, 7) is 9.17. The van der Waals surface area contributed by atoms with Crippen molar-refractivity contribution < 1.29 is 14.3 Å². The second-order valence-corrected chi connectivity index (χ2v) is 11.4. The highest BCUT2D eigenvalue weighted by Gasteiger charge is 2.31. The van der Waals surface area contributed by atoms with E-state index < -0.39 is 6.04 Å². The van der Waals surface area contributed by atoms with Gasteiger partial charge < -0.3 is 15.0 Å². The zero-order valence-electron chi connectivity index (χ0n) is 22.9. The molecule has 202 valence electrons. The van der Waals surface area contributed by atoms with Gasteiger partial charge in [-0.3, -0.25) is 9.59 Å². The summed E-state index contributed by atoms with van der Waals surface area (Å²) in [4.78, 5) is 29.0. The van der Waals surface area contributed by atoms with Gasteiger partial charge in [0, 0.05) is 24.0 Å². The van der Waals surface area contributed by atoms with Crippen molar-refractivity contribution >= 4 is 27.7 Å². The van der Waals surface area contributed by atoms with Crippen molar-refractivity contribution in [1.82, 2.24) is 10.2 Å². The van der Waals surface area contributed by atoms with Crippen LogP contribution in [0.25, 0.3) is 0 Å². The van der Waals surface area contributed by atoms with E-state index in [2.05, 4.69) is 48.9 Å². The normalized spacial score (nSPS) is 12.0. The van der Waals surface area contributed by atoms with Gasteiger partial charge in [-0.2, -0.15) is 0 Å². The molecule has 0 aliphatic carbocycles. The predicted molar refractivity (Wildman–Crippen MR) is 157 cm³/mol. The Bertz CT molecular complexity index is 1170. The number of nitrogens with one attached hydrogen (secondary N) is 1. The number of rotatable bonds is 12. The van der Waals surface area contributed by atoms with Crippen LogP contribution in [0.4, 0.5) is 0 Å². The minimum Gasteiger partial charge on any atom is -0.483 e. The van der Waals surface area contributed by atoms with Crippen molar-refractivity contribution in [3.05, 3.63) is 100 Å². The van der Waals surface area contributed by atoms with E-state index in [0.29, 0.717) is 25.3 Å². The Labute approximate surface area is 235 Å². The van der Waals surface area contributed by atoms with Crippen LogP contribution in [0.15, 0.2) is 83.3 Å². The van der Waals surface area contributed by atoms with Crippen molar-refractivity contribution in [2.75, 3.05) is 13.2 Å². The third-order valence-corrected chi connectivity index (χ3v) is 6.94. The molecule has 2 amide bonds. The monoisotopic (exact) mass is 578 g/mol. The number of benzene rings is 3. The topological polar surface area (TPSA) is 58.6 Å². The molecule has 0 saturated heterocycles. The summed E-state index contributed by atoms with van der Waals surface area (Å²) in [5.74, 6) is 0.301. The molecule has 0 aliphatic heterocycles. The molecule has 0 saturated carbocycles. The SMILES string of the molecule is CCCCNC(=O)[C@@H](Cc1ccccc1)N(Cc1ccc(Br)cc1)C(=O)COc1ccccc1C(C)(C)C. The number of halogens is 1. The molecule has 3 aromatic rings. The highest BCUT2D eigenvalue weighted by atomic mass is 79.9. The molecule has 0 fully saturated rings. The maximum atomic E-state index is 13.8. The van der Waals surface area contributed by atoms with Crippen LogP contribution in [-0.4, -0.2) is 35.9 Å². The average molecular weight is 580 g/mol. The van der Waals surface area contributed by atoms with Crippen LogP contribution in [0.1, 0.15) is 57.2 Å². The number of para-hydroxylation sites is 1. The first-order valence-corrected chi connectivity index (χ1v) is 14.1. The summed E-state index contributed by atoms with van der Waals surface area (Å²) in [5, 5.41) is 3.06. The molecule has 1 atom stereocenters. The summed E-state index contributed by atoms with van der Waals surface area (Å²) >= 11 is 3.48. The molecular weight excluding hydrogens is 540 g/mol. The smallest absolute Gasteiger partial charge is 0.261 e. The van der Waals surface area contributed by atoms with E-state index >= 15 is 0 Å². The first kappa shape index (κ1) is 29.4. The van der Waals surface area contributed by atoms with Gasteiger partial charge in [0.25, 0.3) is 5.91 Å². The van der Waals surface area contributed by atoms with E-state index in [0.717, 1.165) is 34.0 Å². The third kappa shape index (κ3) is 8.73. The molecule has 38 heavy (non-hydrogen) atoms. The number of carbonyl (C=O) groups is 2. The van der Waals surface area contributed by atoms with Crippen LogP contribution < -0.4 is 10.1 Å². The first-order chi connectivity index (χ1) is 18.2. The van der Waals surface area contributed by atoms with Gasteiger partial charge in [-0.25, -0.2) is 0 Å². The van der Waals surface area contributed by atoms with E-state index in [9.17, 15) is 9.59 Å². The maximum absolute atomic E-state index is 13.8. The predicted octanol–water partition coefficient (Wildman–Crippen LogP) is 6.68. The number of ether oxygens (including phenoxy) is 1. The number of amides is 2. The summed E-state index contributed by atoms with van der Waals surface area (Å²) < 4.78 is 7.07. The second-order valence-electron chi connectivity index (χ2n) is 10.5. The van der Waals surface area contributed by atoms with E-state index in [1.807, 2.05) is 78.9 Å². The van der Waals surface area contributed by atoms with Gasteiger partial charge in [0.1, 0.15) is 11.8 Å². The van der Waals surface area contributed by atoms with Gasteiger partial charge in [-0.1, -0.05) is 111 Å². The number of hydrogen-bond donors (Lipinski definition) is 1. The standard InChI is InChI=1S/C32H39BrN2O3/c1-5-6-20-34-31(37)28(21-24-12-8-7-9-13-24)35(22-25-16-18-26(33)19-17-25)30(36)23-38-29-15-11-10-14-27(29)32(2,3)4/h7-19,28H,5-6,20-23H2,1-4H3,(H,34,37)/t28-/m1/s1. The Balaban J connectivity index is 1.91. The van der Waals surface area contributed by atoms with Crippen molar-refractivity contribution in [1.29, 1.82) is 0 Å². The van der Waals surface area contributed by atoms with E-state index in [4.69, 9.17) is 4.74 Å². The maximum Gasteiger partial charge on any atom is 0.261 e. The lowest BCUT2D eigenvalue weighted by Gasteiger charge is -2.32. The molecule has 0 spiro atoms. The van der Waals surface area contributed by atoms with Gasteiger partial charge in [0.05, 0.1) is 0 Å². The Morgan fingerprint density at radius 3 is 2.24 bits per heavy atom. The Hall–Kier alpha value is -3.12. The fourth-order valence-corrected chi connectivity index (χ4v) is 4.55. The van der Waals surface area contributed by atoms with E-state index in [1.54, 1.807) is 4.90 Å². The lowest BCUT2D eigenvalue weighted by atomic mass is 9.86. The first-order valence-electron chi connectivity index (χ1n) is 13.3. The number of nitrogens with zero attached hydrogens (tertiary/aromatic N) is 1. The average Bonchev–Trinajstić information content (AvgIpc) is 2.90. The molecule has 3 rings (SSSR count). The molecule has 1 N–H and O–H groups in total.